The zero-order valence-corrected chi connectivity index (χ0v) is 12.7. The summed E-state index contributed by atoms with van der Waals surface area (Å²) in [4.78, 5) is 33.2. The van der Waals surface area contributed by atoms with Crippen LogP contribution in [-0.2, 0) is 14.3 Å². The Kier molecular flexibility index (Phi) is 7.93. The van der Waals surface area contributed by atoms with Gasteiger partial charge in [-0.25, -0.2) is 0 Å². The first-order valence-corrected chi connectivity index (χ1v) is 7.84. The molecule has 1 aliphatic rings. The minimum atomic E-state index is -0.310. The summed E-state index contributed by atoms with van der Waals surface area (Å²) >= 11 is 0. The van der Waals surface area contributed by atoms with E-state index >= 15 is 0 Å². The summed E-state index contributed by atoms with van der Waals surface area (Å²) in [6.07, 6.45) is 5.92. The summed E-state index contributed by atoms with van der Waals surface area (Å²) in [5.74, 6) is -0.171. The summed E-state index contributed by atoms with van der Waals surface area (Å²) < 4.78 is 4.85. The van der Waals surface area contributed by atoms with Crippen LogP contribution < -0.4 is 0 Å². The lowest BCUT2D eigenvalue weighted by Crippen LogP contribution is -2.21. The molecule has 6 heteroatoms. The Bertz CT molecular complexity index is 369. The van der Waals surface area contributed by atoms with Crippen molar-refractivity contribution in [2.75, 3.05) is 13.2 Å². The van der Waals surface area contributed by atoms with Gasteiger partial charge in [-0.1, -0.05) is 19.3 Å². The van der Waals surface area contributed by atoms with Crippen LogP contribution in [0.3, 0.4) is 0 Å². The highest BCUT2D eigenvalue weighted by molar-refractivity contribution is 5.83. The van der Waals surface area contributed by atoms with E-state index in [4.69, 9.17) is 4.74 Å². The SMILES string of the molecule is CCOC(=O)CCCCCC[C@H]1C(=O)CC[C@@H]1C[N+](=O)[O-]. The standard InChI is InChI=1S/C15H25NO5/c1-2-21-15(18)8-6-4-3-5-7-13-12(11-16(19)20)9-10-14(13)17/h12-13H,2-11H2,1H3/t12-,13-/m1/s1. The van der Waals surface area contributed by atoms with E-state index in [9.17, 15) is 19.7 Å². The maximum atomic E-state index is 11.8. The monoisotopic (exact) mass is 299 g/mol. The lowest BCUT2D eigenvalue weighted by Gasteiger charge is -2.14. The van der Waals surface area contributed by atoms with Gasteiger partial charge in [0.15, 0.2) is 0 Å². The van der Waals surface area contributed by atoms with Crippen LogP contribution in [0.1, 0.15) is 58.3 Å². The van der Waals surface area contributed by atoms with Crippen molar-refractivity contribution in [3.05, 3.63) is 10.1 Å². The van der Waals surface area contributed by atoms with Gasteiger partial charge in [0, 0.05) is 29.6 Å². The molecular weight excluding hydrogens is 274 g/mol. The van der Waals surface area contributed by atoms with E-state index in [-0.39, 0.29) is 35.1 Å². The van der Waals surface area contributed by atoms with Gasteiger partial charge in [0.25, 0.3) is 0 Å². The molecule has 0 heterocycles. The maximum Gasteiger partial charge on any atom is 0.305 e. The van der Waals surface area contributed by atoms with E-state index in [2.05, 4.69) is 0 Å². The minimum Gasteiger partial charge on any atom is -0.466 e. The normalized spacial score (nSPS) is 21.5. The lowest BCUT2D eigenvalue weighted by atomic mass is 9.90. The third-order valence-corrected chi connectivity index (χ3v) is 4.08. The highest BCUT2D eigenvalue weighted by Gasteiger charge is 2.36. The molecule has 0 aromatic heterocycles. The molecule has 0 aliphatic heterocycles. The van der Waals surface area contributed by atoms with E-state index in [1.807, 2.05) is 0 Å². The van der Waals surface area contributed by atoms with Gasteiger partial charge < -0.3 is 4.74 Å². The van der Waals surface area contributed by atoms with E-state index in [0.29, 0.717) is 25.9 Å². The summed E-state index contributed by atoms with van der Waals surface area (Å²) in [6, 6.07) is 0. The van der Waals surface area contributed by atoms with E-state index in [1.54, 1.807) is 6.92 Å². The smallest absolute Gasteiger partial charge is 0.305 e. The first kappa shape index (κ1) is 17.6. The molecule has 21 heavy (non-hydrogen) atoms. The Morgan fingerprint density at radius 3 is 2.71 bits per heavy atom. The zero-order chi connectivity index (χ0) is 15.7. The zero-order valence-electron chi connectivity index (χ0n) is 12.7. The third-order valence-electron chi connectivity index (χ3n) is 4.08. The maximum absolute atomic E-state index is 11.8. The van der Waals surface area contributed by atoms with Gasteiger partial charge in [-0.05, 0) is 26.2 Å². The van der Waals surface area contributed by atoms with Crippen LogP contribution in [0.5, 0.6) is 0 Å². The van der Waals surface area contributed by atoms with Gasteiger partial charge >= 0.3 is 5.97 Å². The van der Waals surface area contributed by atoms with E-state index < -0.39 is 0 Å². The molecule has 0 radical (unpaired) electrons. The van der Waals surface area contributed by atoms with Gasteiger partial charge in [-0.3, -0.25) is 19.7 Å². The number of esters is 1. The first-order valence-electron chi connectivity index (χ1n) is 7.84. The largest absolute Gasteiger partial charge is 0.466 e. The molecule has 0 spiro atoms. The number of carbonyl (C=O) groups is 2. The first-order chi connectivity index (χ1) is 10.0. The molecule has 120 valence electrons. The molecule has 0 aromatic carbocycles. The Balaban J connectivity index is 2.14. The van der Waals surface area contributed by atoms with Gasteiger partial charge in [-0.2, -0.15) is 0 Å². The van der Waals surface area contributed by atoms with Gasteiger partial charge in [0.2, 0.25) is 6.54 Å². The number of Topliss-reactive ketones (excluding diaryl/α,β-unsaturated/α-hetero) is 1. The van der Waals surface area contributed by atoms with Crippen molar-refractivity contribution in [3.63, 3.8) is 0 Å². The number of hydrogen-bond acceptors (Lipinski definition) is 5. The van der Waals surface area contributed by atoms with Crippen molar-refractivity contribution in [2.24, 2.45) is 11.8 Å². The Hall–Kier alpha value is -1.46. The Morgan fingerprint density at radius 2 is 2.05 bits per heavy atom. The number of ether oxygens (including phenoxy) is 1. The van der Waals surface area contributed by atoms with Crippen LogP contribution in [0.4, 0.5) is 0 Å². The number of carbonyl (C=O) groups excluding carboxylic acids is 2. The molecule has 0 amide bonds. The van der Waals surface area contributed by atoms with Crippen LogP contribution in [0.15, 0.2) is 0 Å². The molecule has 0 bridgehead atoms. The van der Waals surface area contributed by atoms with Crippen molar-refractivity contribution in [2.45, 2.75) is 58.3 Å². The van der Waals surface area contributed by atoms with Gasteiger partial charge in [-0.15, -0.1) is 0 Å². The number of nitrogens with zero attached hydrogens (tertiary/aromatic N) is 1. The number of nitro groups is 1. The number of unbranched alkanes of at least 4 members (excludes halogenated alkanes) is 3. The second kappa shape index (κ2) is 9.47. The third kappa shape index (κ3) is 6.69. The Morgan fingerprint density at radius 1 is 1.33 bits per heavy atom. The molecule has 1 aliphatic carbocycles. The molecule has 0 unspecified atom stereocenters. The Labute approximate surface area is 125 Å². The molecule has 1 rings (SSSR count). The van der Waals surface area contributed by atoms with Crippen molar-refractivity contribution >= 4 is 11.8 Å². The topological polar surface area (TPSA) is 86.5 Å². The molecule has 6 nitrogen and oxygen atoms in total. The summed E-state index contributed by atoms with van der Waals surface area (Å²) in [5, 5.41) is 10.6. The van der Waals surface area contributed by atoms with Crippen LogP contribution >= 0.6 is 0 Å². The molecule has 1 saturated carbocycles. The fraction of sp³-hybridized carbons (Fsp3) is 0.867. The molecule has 0 aromatic rings. The fourth-order valence-electron chi connectivity index (χ4n) is 3.00. The summed E-state index contributed by atoms with van der Waals surface area (Å²) in [7, 11) is 0. The van der Waals surface area contributed by atoms with Gasteiger partial charge in [0.1, 0.15) is 5.78 Å². The highest BCUT2D eigenvalue weighted by atomic mass is 16.6. The summed E-state index contributed by atoms with van der Waals surface area (Å²) in [6.45, 7) is 2.12. The molecule has 1 fully saturated rings. The van der Waals surface area contributed by atoms with Crippen molar-refractivity contribution in [1.82, 2.24) is 0 Å². The second-order valence-corrected chi connectivity index (χ2v) is 5.64. The number of rotatable bonds is 10. The summed E-state index contributed by atoms with van der Waals surface area (Å²) in [5.41, 5.74) is 0. The van der Waals surface area contributed by atoms with Crippen LogP contribution in [0, 0.1) is 22.0 Å². The van der Waals surface area contributed by atoms with Crippen molar-refractivity contribution < 1.29 is 19.2 Å². The minimum absolute atomic E-state index is 0.0768. The predicted octanol–water partition coefficient (Wildman–Crippen LogP) is 2.76. The number of hydrogen-bond donors (Lipinski definition) is 0. The molecule has 2 atom stereocenters. The fourth-order valence-corrected chi connectivity index (χ4v) is 3.00. The average molecular weight is 299 g/mol. The molecule has 0 N–H and O–H groups in total. The van der Waals surface area contributed by atoms with Crippen molar-refractivity contribution in [3.8, 4) is 0 Å². The van der Waals surface area contributed by atoms with Crippen LogP contribution in [0.2, 0.25) is 0 Å². The average Bonchev–Trinajstić information content (AvgIpc) is 2.74. The van der Waals surface area contributed by atoms with Crippen LogP contribution in [0.25, 0.3) is 0 Å². The van der Waals surface area contributed by atoms with E-state index in [1.165, 1.54) is 0 Å². The number of ketones is 1. The highest BCUT2D eigenvalue weighted by Crippen LogP contribution is 2.32. The quantitative estimate of drug-likeness (QED) is 0.268. The van der Waals surface area contributed by atoms with E-state index in [0.717, 1.165) is 32.1 Å². The second-order valence-electron chi connectivity index (χ2n) is 5.64. The molecular formula is C15H25NO5. The van der Waals surface area contributed by atoms with Gasteiger partial charge in [0.05, 0.1) is 6.61 Å². The van der Waals surface area contributed by atoms with Crippen molar-refractivity contribution in [1.29, 1.82) is 0 Å². The lowest BCUT2D eigenvalue weighted by molar-refractivity contribution is -0.489. The molecule has 0 saturated heterocycles. The van der Waals surface area contributed by atoms with Crippen LogP contribution in [-0.4, -0.2) is 29.8 Å². The predicted molar refractivity (Wildman–Crippen MR) is 77.4 cm³/mol.